The second-order valence-corrected chi connectivity index (χ2v) is 5.13. The van der Waals surface area contributed by atoms with E-state index in [-0.39, 0.29) is 25.2 Å². The minimum absolute atomic E-state index is 0.0678. The molecule has 0 aliphatic rings. The van der Waals surface area contributed by atoms with Crippen molar-refractivity contribution in [2.45, 2.75) is 26.5 Å². The van der Waals surface area contributed by atoms with Gasteiger partial charge in [0.25, 0.3) is 5.91 Å². The Bertz CT molecular complexity index is 449. The van der Waals surface area contributed by atoms with E-state index in [1.807, 2.05) is 13.8 Å². The molecule has 0 unspecified atom stereocenters. The van der Waals surface area contributed by atoms with Gasteiger partial charge in [0.05, 0.1) is 18.2 Å². The summed E-state index contributed by atoms with van der Waals surface area (Å²) in [5.74, 6) is 0.713. The Labute approximate surface area is 121 Å². The van der Waals surface area contributed by atoms with Crippen LogP contribution in [0.25, 0.3) is 0 Å². The minimum atomic E-state index is -0.199. The van der Waals surface area contributed by atoms with Crippen molar-refractivity contribution in [2.75, 3.05) is 13.7 Å². The van der Waals surface area contributed by atoms with Crippen LogP contribution < -0.4 is 14.8 Å². The largest absolute Gasteiger partial charge is 0.493 e. The standard InChI is InChI=1S/C13H18BrNO4/c1-8(2)15-12(17)7-19-13-10(14)4-9(6-16)5-11(13)18-3/h4-5,8,16H,6-7H2,1-3H3,(H,15,17). The van der Waals surface area contributed by atoms with Gasteiger partial charge in [-0.05, 0) is 47.5 Å². The van der Waals surface area contributed by atoms with Gasteiger partial charge in [0.2, 0.25) is 0 Å². The smallest absolute Gasteiger partial charge is 0.258 e. The number of hydrogen-bond acceptors (Lipinski definition) is 4. The molecular weight excluding hydrogens is 314 g/mol. The zero-order chi connectivity index (χ0) is 14.4. The normalized spacial score (nSPS) is 10.4. The first-order chi connectivity index (χ1) is 8.97. The van der Waals surface area contributed by atoms with Gasteiger partial charge in [0.1, 0.15) is 0 Å². The van der Waals surface area contributed by atoms with Gasteiger partial charge >= 0.3 is 0 Å². The van der Waals surface area contributed by atoms with Gasteiger partial charge < -0.3 is 19.9 Å². The number of rotatable bonds is 6. The fourth-order valence-electron chi connectivity index (χ4n) is 1.51. The number of halogens is 1. The molecule has 0 aromatic heterocycles. The predicted octanol–water partition coefficient (Wildman–Crippen LogP) is 1.85. The number of methoxy groups -OCH3 is 1. The zero-order valence-electron chi connectivity index (χ0n) is 11.2. The summed E-state index contributed by atoms with van der Waals surface area (Å²) in [6.45, 7) is 3.57. The number of aliphatic hydroxyl groups is 1. The maximum Gasteiger partial charge on any atom is 0.258 e. The number of aliphatic hydroxyl groups excluding tert-OH is 1. The molecule has 1 aromatic rings. The highest BCUT2D eigenvalue weighted by molar-refractivity contribution is 9.10. The fraction of sp³-hybridized carbons (Fsp3) is 0.462. The molecule has 0 saturated heterocycles. The van der Waals surface area contributed by atoms with Crippen molar-refractivity contribution in [1.29, 1.82) is 0 Å². The molecule has 1 amide bonds. The molecule has 0 bridgehead atoms. The number of carbonyl (C=O) groups excluding carboxylic acids is 1. The predicted molar refractivity (Wildman–Crippen MR) is 75.4 cm³/mol. The molecule has 0 aliphatic carbocycles. The lowest BCUT2D eigenvalue weighted by atomic mass is 10.2. The van der Waals surface area contributed by atoms with Gasteiger partial charge in [-0.2, -0.15) is 0 Å². The topological polar surface area (TPSA) is 67.8 Å². The zero-order valence-corrected chi connectivity index (χ0v) is 12.8. The molecule has 19 heavy (non-hydrogen) atoms. The molecule has 0 fully saturated rings. The third kappa shape index (κ3) is 4.72. The van der Waals surface area contributed by atoms with Gasteiger partial charge in [-0.15, -0.1) is 0 Å². The lowest BCUT2D eigenvalue weighted by molar-refractivity contribution is -0.123. The van der Waals surface area contributed by atoms with E-state index in [9.17, 15) is 4.79 Å². The summed E-state index contributed by atoms with van der Waals surface area (Å²) in [6, 6.07) is 3.46. The van der Waals surface area contributed by atoms with E-state index < -0.39 is 0 Å². The molecule has 0 heterocycles. The van der Waals surface area contributed by atoms with Crippen LogP contribution in [0, 0.1) is 0 Å². The van der Waals surface area contributed by atoms with E-state index in [2.05, 4.69) is 21.2 Å². The summed E-state index contributed by atoms with van der Waals surface area (Å²) >= 11 is 3.33. The van der Waals surface area contributed by atoms with Crippen LogP contribution in [0.2, 0.25) is 0 Å². The number of nitrogens with one attached hydrogen (secondary N) is 1. The first-order valence-electron chi connectivity index (χ1n) is 5.87. The Hall–Kier alpha value is -1.27. The first-order valence-corrected chi connectivity index (χ1v) is 6.66. The monoisotopic (exact) mass is 331 g/mol. The Kier molecular flexibility index (Phi) is 6.11. The highest BCUT2D eigenvalue weighted by Crippen LogP contribution is 2.36. The van der Waals surface area contributed by atoms with Gasteiger partial charge in [0, 0.05) is 6.04 Å². The molecule has 1 rings (SSSR count). The highest BCUT2D eigenvalue weighted by atomic mass is 79.9. The van der Waals surface area contributed by atoms with E-state index >= 15 is 0 Å². The summed E-state index contributed by atoms with van der Waals surface area (Å²) in [6.07, 6.45) is 0. The molecule has 5 nitrogen and oxygen atoms in total. The molecule has 0 spiro atoms. The number of hydrogen-bond donors (Lipinski definition) is 2. The maximum atomic E-state index is 11.5. The average Bonchev–Trinajstić information content (AvgIpc) is 2.35. The van der Waals surface area contributed by atoms with Crippen molar-refractivity contribution in [3.8, 4) is 11.5 Å². The maximum absolute atomic E-state index is 11.5. The van der Waals surface area contributed by atoms with Crippen LogP contribution in [0.1, 0.15) is 19.4 Å². The molecule has 0 atom stereocenters. The highest BCUT2D eigenvalue weighted by Gasteiger charge is 2.13. The van der Waals surface area contributed by atoms with Crippen molar-refractivity contribution in [3.05, 3.63) is 22.2 Å². The lowest BCUT2D eigenvalue weighted by Gasteiger charge is -2.14. The van der Waals surface area contributed by atoms with E-state index in [1.54, 1.807) is 12.1 Å². The summed E-state index contributed by atoms with van der Waals surface area (Å²) in [7, 11) is 1.50. The number of benzene rings is 1. The molecule has 0 saturated carbocycles. The van der Waals surface area contributed by atoms with Crippen LogP contribution in [0.3, 0.4) is 0 Å². The Morgan fingerprint density at radius 2 is 2.16 bits per heavy atom. The molecule has 1 aromatic carbocycles. The van der Waals surface area contributed by atoms with Crippen LogP contribution in [0.4, 0.5) is 0 Å². The van der Waals surface area contributed by atoms with Gasteiger partial charge in [-0.1, -0.05) is 0 Å². The number of amides is 1. The van der Waals surface area contributed by atoms with E-state index in [4.69, 9.17) is 14.6 Å². The molecule has 2 N–H and O–H groups in total. The molecular formula is C13H18BrNO4. The van der Waals surface area contributed by atoms with Gasteiger partial charge in [-0.25, -0.2) is 0 Å². The van der Waals surface area contributed by atoms with Crippen molar-refractivity contribution >= 4 is 21.8 Å². The molecule has 106 valence electrons. The van der Waals surface area contributed by atoms with Gasteiger partial charge in [0.15, 0.2) is 18.1 Å². The average molecular weight is 332 g/mol. The van der Waals surface area contributed by atoms with E-state index in [1.165, 1.54) is 7.11 Å². The molecule has 0 aliphatic heterocycles. The Morgan fingerprint density at radius 1 is 1.47 bits per heavy atom. The van der Waals surface area contributed by atoms with Gasteiger partial charge in [-0.3, -0.25) is 4.79 Å². The lowest BCUT2D eigenvalue weighted by Crippen LogP contribution is -2.34. The van der Waals surface area contributed by atoms with Crippen LogP contribution in [-0.2, 0) is 11.4 Å². The summed E-state index contributed by atoms with van der Waals surface area (Å²) in [4.78, 5) is 11.5. The van der Waals surface area contributed by atoms with Crippen molar-refractivity contribution < 1.29 is 19.4 Å². The van der Waals surface area contributed by atoms with E-state index in [0.29, 0.717) is 21.5 Å². The van der Waals surface area contributed by atoms with Crippen molar-refractivity contribution in [1.82, 2.24) is 5.32 Å². The first kappa shape index (κ1) is 15.8. The van der Waals surface area contributed by atoms with Crippen molar-refractivity contribution in [3.63, 3.8) is 0 Å². The molecule has 0 radical (unpaired) electrons. The minimum Gasteiger partial charge on any atom is -0.493 e. The second-order valence-electron chi connectivity index (χ2n) is 4.28. The summed E-state index contributed by atoms with van der Waals surface area (Å²) in [5, 5.41) is 11.8. The third-order valence-corrected chi connectivity index (χ3v) is 2.86. The number of ether oxygens (including phenoxy) is 2. The Morgan fingerprint density at radius 3 is 2.68 bits per heavy atom. The van der Waals surface area contributed by atoms with E-state index in [0.717, 1.165) is 0 Å². The SMILES string of the molecule is COc1cc(CO)cc(Br)c1OCC(=O)NC(C)C. The van der Waals surface area contributed by atoms with Crippen LogP contribution >= 0.6 is 15.9 Å². The number of carbonyl (C=O) groups is 1. The van der Waals surface area contributed by atoms with Crippen LogP contribution in [-0.4, -0.2) is 30.8 Å². The molecule has 6 heteroatoms. The second kappa shape index (κ2) is 7.35. The quantitative estimate of drug-likeness (QED) is 0.834. The third-order valence-electron chi connectivity index (χ3n) is 2.27. The van der Waals surface area contributed by atoms with Crippen LogP contribution in [0.5, 0.6) is 11.5 Å². The fourth-order valence-corrected chi connectivity index (χ4v) is 2.11. The van der Waals surface area contributed by atoms with Crippen molar-refractivity contribution in [2.24, 2.45) is 0 Å². The van der Waals surface area contributed by atoms with Crippen LogP contribution in [0.15, 0.2) is 16.6 Å². The summed E-state index contributed by atoms with van der Waals surface area (Å²) < 4.78 is 11.3. The summed E-state index contributed by atoms with van der Waals surface area (Å²) in [5.41, 5.74) is 0.697. The Balaban J connectivity index is 2.80.